The first-order valence-electron chi connectivity index (χ1n) is 4.49. The first-order valence-corrected chi connectivity index (χ1v) is 4.49. The second-order valence-corrected chi connectivity index (χ2v) is 3.07. The van der Waals surface area contributed by atoms with Gasteiger partial charge >= 0.3 is 0 Å². The highest BCUT2D eigenvalue weighted by Gasteiger charge is 2.00. The molecule has 3 nitrogen and oxygen atoms in total. The van der Waals surface area contributed by atoms with Gasteiger partial charge in [0.05, 0.1) is 11.4 Å². The number of rotatable bonds is 2. The Morgan fingerprint density at radius 2 is 2.07 bits per heavy atom. The van der Waals surface area contributed by atoms with Crippen molar-refractivity contribution < 1.29 is 4.39 Å². The lowest BCUT2D eigenvalue weighted by Gasteiger charge is -2.07. The summed E-state index contributed by atoms with van der Waals surface area (Å²) >= 11 is 0. The predicted molar refractivity (Wildman–Crippen MR) is 58.3 cm³/mol. The molecule has 0 spiro atoms. The lowest BCUT2D eigenvalue weighted by Crippen LogP contribution is -1.97. The molecule has 0 atom stereocenters. The van der Waals surface area contributed by atoms with Gasteiger partial charge in [0.15, 0.2) is 0 Å². The Morgan fingerprint density at radius 1 is 1.20 bits per heavy atom. The molecule has 0 fully saturated rings. The minimum Gasteiger partial charge on any atom is -0.397 e. The average Bonchev–Trinajstić information content (AvgIpc) is 2.24. The van der Waals surface area contributed by atoms with Crippen LogP contribution in [0.1, 0.15) is 0 Å². The van der Waals surface area contributed by atoms with E-state index >= 15 is 0 Å². The SMILES string of the molecule is Nc1cc(F)ccc1Nc1ccccn1. The summed E-state index contributed by atoms with van der Waals surface area (Å²) in [7, 11) is 0. The Labute approximate surface area is 86.8 Å². The van der Waals surface area contributed by atoms with Crippen LogP contribution in [0.2, 0.25) is 0 Å². The molecule has 0 aliphatic heterocycles. The van der Waals surface area contributed by atoms with Crippen LogP contribution in [0.5, 0.6) is 0 Å². The van der Waals surface area contributed by atoms with Crippen molar-refractivity contribution in [1.29, 1.82) is 0 Å². The fourth-order valence-electron chi connectivity index (χ4n) is 1.22. The van der Waals surface area contributed by atoms with Crippen molar-refractivity contribution in [3.8, 4) is 0 Å². The predicted octanol–water partition coefficient (Wildman–Crippen LogP) is 2.55. The van der Waals surface area contributed by atoms with E-state index < -0.39 is 0 Å². The molecule has 2 aromatic rings. The number of nitrogen functional groups attached to an aromatic ring is 1. The Balaban J connectivity index is 2.25. The fourth-order valence-corrected chi connectivity index (χ4v) is 1.22. The van der Waals surface area contributed by atoms with Crippen molar-refractivity contribution in [3.63, 3.8) is 0 Å². The maximum absolute atomic E-state index is 12.8. The van der Waals surface area contributed by atoms with Gasteiger partial charge in [-0.05, 0) is 30.3 Å². The van der Waals surface area contributed by atoms with Gasteiger partial charge in [-0.3, -0.25) is 0 Å². The van der Waals surface area contributed by atoms with Crippen LogP contribution in [0.15, 0.2) is 42.6 Å². The molecular weight excluding hydrogens is 193 g/mol. The van der Waals surface area contributed by atoms with Crippen molar-refractivity contribution in [3.05, 3.63) is 48.4 Å². The molecule has 1 heterocycles. The van der Waals surface area contributed by atoms with E-state index in [4.69, 9.17) is 5.73 Å². The molecule has 0 aliphatic rings. The van der Waals surface area contributed by atoms with E-state index in [2.05, 4.69) is 10.3 Å². The number of benzene rings is 1. The van der Waals surface area contributed by atoms with Crippen molar-refractivity contribution >= 4 is 17.2 Å². The molecule has 2 rings (SSSR count). The van der Waals surface area contributed by atoms with Gasteiger partial charge in [-0.25, -0.2) is 9.37 Å². The van der Waals surface area contributed by atoms with Crippen molar-refractivity contribution in [2.45, 2.75) is 0 Å². The Bertz CT molecular complexity index is 457. The zero-order valence-electron chi connectivity index (χ0n) is 7.94. The third-order valence-corrected chi connectivity index (χ3v) is 1.94. The van der Waals surface area contributed by atoms with Crippen LogP contribution >= 0.6 is 0 Å². The number of anilines is 3. The van der Waals surface area contributed by atoms with Gasteiger partial charge < -0.3 is 11.1 Å². The van der Waals surface area contributed by atoms with E-state index in [1.165, 1.54) is 12.1 Å². The van der Waals surface area contributed by atoms with Gasteiger partial charge in [-0.1, -0.05) is 6.07 Å². The lowest BCUT2D eigenvalue weighted by molar-refractivity contribution is 0.628. The summed E-state index contributed by atoms with van der Waals surface area (Å²) < 4.78 is 12.8. The molecule has 0 aliphatic carbocycles. The molecule has 0 amide bonds. The topological polar surface area (TPSA) is 50.9 Å². The zero-order chi connectivity index (χ0) is 10.7. The summed E-state index contributed by atoms with van der Waals surface area (Å²) in [6, 6.07) is 9.68. The number of nitrogens with two attached hydrogens (primary N) is 1. The van der Waals surface area contributed by atoms with Gasteiger partial charge in [0.2, 0.25) is 0 Å². The van der Waals surface area contributed by atoms with Crippen LogP contribution in [0.4, 0.5) is 21.6 Å². The fraction of sp³-hybridized carbons (Fsp3) is 0. The molecule has 4 heteroatoms. The molecular formula is C11H10FN3. The number of nitrogens with zero attached hydrogens (tertiary/aromatic N) is 1. The highest BCUT2D eigenvalue weighted by atomic mass is 19.1. The quantitative estimate of drug-likeness (QED) is 0.737. The van der Waals surface area contributed by atoms with Gasteiger partial charge in [-0.2, -0.15) is 0 Å². The Hall–Kier alpha value is -2.10. The zero-order valence-corrected chi connectivity index (χ0v) is 7.94. The molecule has 0 bridgehead atoms. The van der Waals surface area contributed by atoms with Crippen LogP contribution < -0.4 is 11.1 Å². The summed E-state index contributed by atoms with van der Waals surface area (Å²) in [6.07, 6.45) is 1.67. The monoisotopic (exact) mass is 203 g/mol. The van der Waals surface area contributed by atoms with Gasteiger partial charge in [-0.15, -0.1) is 0 Å². The number of halogens is 1. The molecule has 0 saturated carbocycles. The van der Waals surface area contributed by atoms with E-state index in [0.717, 1.165) is 0 Å². The van der Waals surface area contributed by atoms with Crippen molar-refractivity contribution in [1.82, 2.24) is 4.98 Å². The highest BCUT2D eigenvalue weighted by molar-refractivity contribution is 5.70. The minimum absolute atomic E-state index is 0.348. The molecule has 0 radical (unpaired) electrons. The number of pyridine rings is 1. The van der Waals surface area contributed by atoms with E-state index in [-0.39, 0.29) is 5.82 Å². The maximum Gasteiger partial charge on any atom is 0.130 e. The van der Waals surface area contributed by atoms with E-state index in [0.29, 0.717) is 17.2 Å². The van der Waals surface area contributed by atoms with Crippen molar-refractivity contribution in [2.75, 3.05) is 11.1 Å². The first-order chi connectivity index (χ1) is 7.25. The van der Waals surface area contributed by atoms with E-state index in [1.807, 2.05) is 18.2 Å². The second kappa shape index (κ2) is 3.96. The van der Waals surface area contributed by atoms with Crippen LogP contribution in [-0.4, -0.2) is 4.98 Å². The molecule has 3 N–H and O–H groups in total. The molecule has 1 aromatic carbocycles. The van der Waals surface area contributed by atoms with E-state index in [1.54, 1.807) is 12.3 Å². The third-order valence-electron chi connectivity index (χ3n) is 1.94. The normalized spacial score (nSPS) is 9.93. The van der Waals surface area contributed by atoms with Crippen LogP contribution in [0.3, 0.4) is 0 Å². The molecule has 76 valence electrons. The minimum atomic E-state index is -0.348. The summed E-state index contributed by atoms with van der Waals surface area (Å²) in [5.41, 5.74) is 6.65. The largest absolute Gasteiger partial charge is 0.397 e. The standard InChI is InChI=1S/C11H10FN3/c12-8-4-5-10(9(13)7-8)15-11-3-1-2-6-14-11/h1-7H,13H2,(H,14,15). The van der Waals surface area contributed by atoms with Crippen LogP contribution in [0.25, 0.3) is 0 Å². The first kappa shape index (κ1) is 9.45. The number of aromatic nitrogens is 1. The number of hydrogen-bond donors (Lipinski definition) is 2. The molecule has 1 aromatic heterocycles. The summed E-state index contributed by atoms with van der Waals surface area (Å²) in [5, 5.41) is 3.00. The Morgan fingerprint density at radius 3 is 2.73 bits per heavy atom. The lowest BCUT2D eigenvalue weighted by atomic mass is 10.2. The summed E-state index contributed by atoms with van der Waals surface area (Å²) in [5.74, 6) is 0.329. The third kappa shape index (κ3) is 2.22. The van der Waals surface area contributed by atoms with E-state index in [9.17, 15) is 4.39 Å². The van der Waals surface area contributed by atoms with Crippen LogP contribution in [0, 0.1) is 5.82 Å². The second-order valence-electron chi connectivity index (χ2n) is 3.07. The smallest absolute Gasteiger partial charge is 0.130 e. The van der Waals surface area contributed by atoms with Crippen molar-refractivity contribution in [2.24, 2.45) is 0 Å². The number of hydrogen-bond acceptors (Lipinski definition) is 3. The molecule has 15 heavy (non-hydrogen) atoms. The Kier molecular flexibility index (Phi) is 2.49. The summed E-state index contributed by atoms with van der Waals surface area (Å²) in [6.45, 7) is 0. The molecule has 0 unspecified atom stereocenters. The average molecular weight is 203 g/mol. The van der Waals surface area contributed by atoms with Gasteiger partial charge in [0, 0.05) is 6.20 Å². The maximum atomic E-state index is 12.8. The van der Waals surface area contributed by atoms with Gasteiger partial charge in [0.1, 0.15) is 11.6 Å². The highest BCUT2D eigenvalue weighted by Crippen LogP contribution is 2.22. The molecule has 0 saturated heterocycles. The number of nitrogens with one attached hydrogen (secondary N) is 1. The van der Waals surface area contributed by atoms with Gasteiger partial charge in [0.25, 0.3) is 0 Å². The summed E-state index contributed by atoms with van der Waals surface area (Å²) in [4.78, 5) is 4.08. The van der Waals surface area contributed by atoms with Crippen LogP contribution in [-0.2, 0) is 0 Å².